The zero-order valence-electron chi connectivity index (χ0n) is 19.3. The fourth-order valence-corrected chi connectivity index (χ4v) is 3.31. The Hall–Kier alpha value is -3.80. The van der Waals surface area contributed by atoms with E-state index in [-0.39, 0.29) is 24.7 Å². The van der Waals surface area contributed by atoms with Crippen molar-refractivity contribution in [1.82, 2.24) is 0 Å². The molecule has 0 aliphatic rings. The van der Waals surface area contributed by atoms with Gasteiger partial charge in [0.15, 0.2) is 0 Å². The van der Waals surface area contributed by atoms with Gasteiger partial charge in [0.1, 0.15) is 24.7 Å². The van der Waals surface area contributed by atoms with Crippen molar-refractivity contribution in [1.29, 1.82) is 0 Å². The Balaban J connectivity index is 1.30. The first-order valence-electron chi connectivity index (χ1n) is 11.6. The third kappa shape index (κ3) is 9.36. The molecule has 34 heavy (non-hydrogen) atoms. The number of ether oxygens (including phenoxy) is 3. The molecule has 3 aromatic carbocycles. The van der Waals surface area contributed by atoms with Gasteiger partial charge in [-0.05, 0) is 49.1 Å². The van der Waals surface area contributed by atoms with Gasteiger partial charge in [0.05, 0.1) is 12.3 Å². The third-order valence-corrected chi connectivity index (χ3v) is 5.01. The second-order valence-corrected chi connectivity index (χ2v) is 7.72. The van der Waals surface area contributed by atoms with Crippen molar-refractivity contribution >= 4 is 17.6 Å². The fraction of sp³-hybridized carbons (Fsp3) is 0.286. The van der Waals surface area contributed by atoms with Gasteiger partial charge in [-0.3, -0.25) is 9.59 Å². The summed E-state index contributed by atoms with van der Waals surface area (Å²) in [5.41, 5.74) is 1.82. The quantitative estimate of drug-likeness (QED) is 0.256. The molecule has 6 heteroatoms. The van der Waals surface area contributed by atoms with Gasteiger partial charge in [0, 0.05) is 12.8 Å². The van der Waals surface area contributed by atoms with E-state index in [1.54, 1.807) is 12.1 Å². The van der Waals surface area contributed by atoms with Gasteiger partial charge in [0.2, 0.25) is 5.91 Å². The van der Waals surface area contributed by atoms with Crippen LogP contribution in [0.3, 0.4) is 0 Å². The highest BCUT2D eigenvalue weighted by Crippen LogP contribution is 2.24. The number of nitrogens with one attached hydrogen (secondary N) is 1. The lowest BCUT2D eigenvalue weighted by Gasteiger charge is -2.13. The predicted molar refractivity (Wildman–Crippen MR) is 132 cm³/mol. The number of carbonyl (C=O) groups is 2. The largest absolute Gasteiger partial charge is 0.490 e. The minimum Gasteiger partial charge on any atom is -0.490 e. The van der Waals surface area contributed by atoms with Gasteiger partial charge in [-0.2, -0.15) is 0 Å². The van der Waals surface area contributed by atoms with E-state index in [1.165, 1.54) is 5.56 Å². The molecule has 1 amide bonds. The first kappa shape index (κ1) is 24.8. The average Bonchev–Trinajstić information content (AvgIpc) is 2.87. The second kappa shape index (κ2) is 14.4. The van der Waals surface area contributed by atoms with E-state index < -0.39 is 0 Å². The first-order chi connectivity index (χ1) is 16.7. The van der Waals surface area contributed by atoms with Crippen LogP contribution in [0.15, 0.2) is 84.9 Å². The highest BCUT2D eigenvalue weighted by Gasteiger charge is 2.10. The molecule has 0 saturated carbocycles. The van der Waals surface area contributed by atoms with E-state index in [1.807, 2.05) is 60.7 Å². The molecule has 0 fully saturated rings. The number of hydrogen-bond donors (Lipinski definition) is 1. The molecule has 0 aliphatic heterocycles. The van der Waals surface area contributed by atoms with Gasteiger partial charge in [-0.15, -0.1) is 0 Å². The lowest BCUT2D eigenvalue weighted by molar-refractivity contribution is -0.143. The van der Waals surface area contributed by atoms with Crippen molar-refractivity contribution in [2.45, 2.75) is 32.1 Å². The minimum absolute atomic E-state index is 0.173. The van der Waals surface area contributed by atoms with E-state index in [0.29, 0.717) is 37.7 Å². The Morgan fingerprint density at radius 2 is 1.35 bits per heavy atom. The molecule has 0 atom stereocenters. The summed E-state index contributed by atoms with van der Waals surface area (Å²) < 4.78 is 16.7. The van der Waals surface area contributed by atoms with Crippen LogP contribution >= 0.6 is 0 Å². The van der Waals surface area contributed by atoms with Crippen LogP contribution < -0.4 is 14.8 Å². The minimum atomic E-state index is -0.275. The standard InChI is InChI=1S/C28H31NO5/c30-27(18-9-19-28(31)34-20-10-13-23-11-3-1-4-12-23)29-25-16-7-8-17-26(25)33-22-21-32-24-14-5-2-6-15-24/h1-8,11-12,14-17H,9-10,13,18-22H2,(H,29,30). The van der Waals surface area contributed by atoms with Crippen LogP contribution in [0, 0.1) is 0 Å². The van der Waals surface area contributed by atoms with Crippen molar-refractivity contribution in [2.24, 2.45) is 0 Å². The Kier molecular flexibility index (Phi) is 10.5. The van der Waals surface area contributed by atoms with Crippen molar-refractivity contribution in [3.8, 4) is 11.5 Å². The molecule has 0 saturated heterocycles. The first-order valence-corrected chi connectivity index (χ1v) is 11.6. The molecule has 0 aromatic heterocycles. The van der Waals surface area contributed by atoms with Gasteiger partial charge < -0.3 is 19.5 Å². The summed E-state index contributed by atoms with van der Waals surface area (Å²) in [6, 6.07) is 26.9. The fourth-order valence-electron chi connectivity index (χ4n) is 3.31. The number of rotatable bonds is 14. The van der Waals surface area contributed by atoms with Crippen LogP contribution in [0.5, 0.6) is 11.5 Å². The molecule has 3 rings (SSSR count). The summed E-state index contributed by atoms with van der Waals surface area (Å²) >= 11 is 0. The van der Waals surface area contributed by atoms with E-state index in [9.17, 15) is 9.59 Å². The van der Waals surface area contributed by atoms with Crippen LogP contribution in [0.25, 0.3) is 0 Å². The molecular formula is C28H31NO5. The summed E-state index contributed by atoms with van der Waals surface area (Å²) in [6.07, 6.45) is 2.52. The summed E-state index contributed by atoms with van der Waals surface area (Å²) in [5.74, 6) is 0.907. The van der Waals surface area contributed by atoms with Crippen molar-refractivity contribution < 1.29 is 23.8 Å². The topological polar surface area (TPSA) is 73.9 Å². The number of esters is 1. The number of amides is 1. The smallest absolute Gasteiger partial charge is 0.305 e. The monoisotopic (exact) mass is 461 g/mol. The van der Waals surface area contributed by atoms with Crippen molar-refractivity contribution in [3.63, 3.8) is 0 Å². The number of hydrogen-bond acceptors (Lipinski definition) is 5. The summed E-state index contributed by atoms with van der Waals surface area (Å²) in [7, 11) is 0. The molecule has 6 nitrogen and oxygen atoms in total. The van der Waals surface area contributed by atoms with Gasteiger partial charge in [-0.25, -0.2) is 0 Å². The Labute approximate surface area is 200 Å². The number of aryl methyl sites for hydroxylation is 1. The zero-order chi connectivity index (χ0) is 23.8. The van der Waals surface area contributed by atoms with Gasteiger partial charge in [-0.1, -0.05) is 60.7 Å². The Morgan fingerprint density at radius 3 is 2.15 bits per heavy atom. The molecule has 0 aliphatic carbocycles. The highest BCUT2D eigenvalue weighted by atomic mass is 16.5. The zero-order valence-corrected chi connectivity index (χ0v) is 19.3. The molecule has 178 valence electrons. The Bertz CT molecular complexity index is 1010. The second-order valence-electron chi connectivity index (χ2n) is 7.72. The lowest BCUT2D eigenvalue weighted by atomic mass is 10.1. The van der Waals surface area contributed by atoms with E-state index in [2.05, 4.69) is 17.4 Å². The van der Waals surface area contributed by atoms with Crippen molar-refractivity contribution in [3.05, 3.63) is 90.5 Å². The molecule has 1 N–H and O–H groups in total. The summed E-state index contributed by atoms with van der Waals surface area (Å²) in [5, 5.41) is 2.86. The lowest BCUT2D eigenvalue weighted by Crippen LogP contribution is -2.15. The number of para-hydroxylation sites is 3. The highest BCUT2D eigenvalue weighted by molar-refractivity contribution is 5.92. The molecule has 0 radical (unpaired) electrons. The molecule has 0 spiro atoms. The maximum atomic E-state index is 12.3. The third-order valence-electron chi connectivity index (χ3n) is 5.01. The van der Waals surface area contributed by atoms with Crippen LogP contribution in [0.1, 0.15) is 31.2 Å². The molecule has 0 unspecified atom stereocenters. The molecular weight excluding hydrogens is 430 g/mol. The van der Waals surface area contributed by atoms with E-state index in [0.717, 1.165) is 18.6 Å². The SMILES string of the molecule is O=C(CCCC(=O)OCCCc1ccccc1)Nc1ccccc1OCCOc1ccccc1. The van der Waals surface area contributed by atoms with E-state index in [4.69, 9.17) is 14.2 Å². The molecule has 0 heterocycles. The van der Waals surface area contributed by atoms with Crippen LogP contribution in [0.2, 0.25) is 0 Å². The van der Waals surface area contributed by atoms with E-state index >= 15 is 0 Å². The van der Waals surface area contributed by atoms with Crippen LogP contribution in [0.4, 0.5) is 5.69 Å². The maximum Gasteiger partial charge on any atom is 0.305 e. The Morgan fingerprint density at radius 1 is 0.676 bits per heavy atom. The molecule has 0 bridgehead atoms. The van der Waals surface area contributed by atoms with Gasteiger partial charge >= 0.3 is 5.97 Å². The maximum absolute atomic E-state index is 12.3. The summed E-state index contributed by atoms with van der Waals surface area (Å²) in [6.45, 7) is 1.12. The number of carbonyl (C=O) groups excluding carboxylic acids is 2. The van der Waals surface area contributed by atoms with Crippen molar-refractivity contribution in [2.75, 3.05) is 25.1 Å². The molecule has 3 aromatic rings. The van der Waals surface area contributed by atoms with Crippen LogP contribution in [-0.2, 0) is 20.7 Å². The average molecular weight is 462 g/mol. The van der Waals surface area contributed by atoms with Crippen LogP contribution in [-0.4, -0.2) is 31.7 Å². The number of benzene rings is 3. The summed E-state index contributed by atoms with van der Waals surface area (Å²) in [4.78, 5) is 24.2. The normalized spacial score (nSPS) is 10.4. The predicted octanol–water partition coefficient (Wildman–Crippen LogP) is 5.43. The van der Waals surface area contributed by atoms with Gasteiger partial charge in [0.25, 0.3) is 0 Å². The number of anilines is 1.